The normalized spacial score (nSPS) is 19.3. The molecule has 2 aliphatic rings. The van der Waals surface area contributed by atoms with E-state index in [0.717, 1.165) is 38.3 Å². The van der Waals surface area contributed by atoms with Crippen LogP contribution in [0, 0.1) is 5.82 Å². The molecule has 0 bridgehead atoms. The molecule has 8 heteroatoms. The van der Waals surface area contributed by atoms with Crippen molar-refractivity contribution in [2.45, 2.75) is 37.8 Å². The SMILES string of the molecule is Cl.O=C(O)c1cn(C2CC2)c2cc(OC[C@@H]3CCCN3)c(F)cc2c1=O. The fraction of sp³-hybridized carbons (Fsp3) is 0.444. The van der Waals surface area contributed by atoms with Crippen LogP contribution in [0.1, 0.15) is 42.1 Å². The highest BCUT2D eigenvalue weighted by Crippen LogP contribution is 2.38. The molecular formula is C18H20ClFN2O4. The molecule has 1 atom stereocenters. The van der Waals surface area contributed by atoms with Gasteiger partial charge in [-0.15, -0.1) is 12.4 Å². The standard InChI is InChI=1S/C18H19FN2O4.ClH/c19-14-6-12-15(7-16(14)25-9-10-2-1-5-20-10)21(11-3-4-11)8-13(17(12)22)18(23)24;/h6-8,10-11,20H,1-5,9H2,(H,23,24);1H/t10-;/m0./s1. The Morgan fingerprint density at radius 3 is 2.73 bits per heavy atom. The molecule has 6 nitrogen and oxygen atoms in total. The van der Waals surface area contributed by atoms with Gasteiger partial charge >= 0.3 is 5.97 Å². The first-order valence-corrected chi connectivity index (χ1v) is 8.52. The maximum Gasteiger partial charge on any atom is 0.341 e. The number of carboxylic acid groups (broad SMARTS) is 1. The lowest BCUT2D eigenvalue weighted by Crippen LogP contribution is -2.28. The first-order valence-electron chi connectivity index (χ1n) is 8.52. The number of hydrogen-bond acceptors (Lipinski definition) is 4. The number of aromatic nitrogens is 1. The Hall–Kier alpha value is -2.12. The minimum atomic E-state index is -1.30. The molecule has 0 spiro atoms. The average Bonchev–Trinajstić information content (AvgIpc) is 3.29. The van der Waals surface area contributed by atoms with Gasteiger partial charge < -0.3 is 19.7 Å². The summed E-state index contributed by atoms with van der Waals surface area (Å²) in [6.45, 7) is 1.30. The number of nitrogens with one attached hydrogen (secondary N) is 1. The molecule has 2 N–H and O–H groups in total. The van der Waals surface area contributed by atoms with Gasteiger partial charge in [-0.3, -0.25) is 4.79 Å². The van der Waals surface area contributed by atoms with E-state index in [-0.39, 0.29) is 41.2 Å². The number of hydrogen-bond donors (Lipinski definition) is 2. The summed E-state index contributed by atoms with van der Waals surface area (Å²) in [6.07, 6.45) is 5.26. The molecule has 1 aromatic carbocycles. The van der Waals surface area contributed by atoms with Crippen molar-refractivity contribution < 1.29 is 19.0 Å². The Labute approximate surface area is 155 Å². The van der Waals surface area contributed by atoms with Gasteiger partial charge in [0.1, 0.15) is 12.2 Å². The van der Waals surface area contributed by atoms with Gasteiger partial charge in [-0.05, 0) is 38.3 Å². The highest BCUT2D eigenvalue weighted by Gasteiger charge is 2.27. The second-order valence-corrected chi connectivity index (χ2v) is 6.72. The summed E-state index contributed by atoms with van der Waals surface area (Å²) < 4.78 is 21.8. The number of rotatable bonds is 5. The van der Waals surface area contributed by atoms with Crippen LogP contribution < -0.4 is 15.5 Å². The van der Waals surface area contributed by atoms with E-state index in [1.54, 1.807) is 4.57 Å². The van der Waals surface area contributed by atoms with Crippen LogP contribution in [0.5, 0.6) is 5.75 Å². The van der Waals surface area contributed by atoms with Crippen molar-refractivity contribution in [2.24, 2.45) is 0 Å². The molecule has 0 amide bonds. The fourth-order valence-corrected chi connectivity index (χ4v) is 3.36. The molecule has 26 heavy (non-hydrogen) atoms. The third-order valence-electron chi connectivity index (χ3n) is 4.86. The molecule has 2 aromatic rings. The Morgan fingerprint density at radius 2 is 2.12 bits per heavy atom. The van der Waals surface area contributed by atoms with Gasteiger partial charge in [-0.1, -0.05) is 0 Å². The zero-order valence-electron chi connectivity index (χ0n) is 14.0. The lowest BCUT2D eigenvalue weighted by Gasteiger charge is -2.16. The molecule has 1 aromatic heterocycles. The first kappa shape index (κ1) is 18.7. The summed E-state index contributed by atoms with van der Waals surface area (Å²) in [5.74, 6) is -1.85. The number of carbonyl (C=O) groups is 1. The number of fused-ring (bicyclic) bond motifs is 1. The highest BCUT2D eigenvalue weighted by atomic mass is 35.5. The zero-order chi connectivity index (χ0) is 17.6. The lowest BCUT2D eigenvalue weighted by molar-refractivity contribution is 0.0695. The van der Waals surface area contributed by atoms with E-state index in [1.807, 2.05) is 0 Å². The number of benzene rings is 1. The smallest absolute Gasteiger partial charge is 0.341 e. The predicted molar refractivity (Wildman–Crippen MR) is 97.2 cm³/mol. The molecule has 140 valence electrons. The number of nitrogens with zero attached hydrogens (tertiary/aromatic N) is 1. The van der Waals surface area contributed by atoms with Crippen LogP contribution >= 0.6 is 12.4 Å². The monoisotopic (exact) mass is 382 g/mol. The number of ether oxygens (including phenoxy) is 1. The minimum Gasteiger partial charge on any atom is -0.489 e. The van der Waals surface area contributed by atoms with Gasteiger partial charge in [0.25, 0.3) is 0 Å². The first-order chi connectivity index (χ1) is 12.0. The molecule has 2 heterocycles. The molecule has 1 aliphatic carbocycles. The van der Waals surface area contributed by atoms with Crippen molar-refractivity contribution >= 4 is 29.3 Å². The Bertz CT molecular complexity index is 904. The van der Waals surface area contributed by atoms with E-state index in [1.165, 1.54) is 12.3 Å². The van der Waals surface area contributed by atoms with Crippen LogP contribution in [-0.2, 0) is 0 Å². The van der Waals surface area contributed by atoms with Crippen molar-refractivity contribution in [3.63, 3.8) is 0 Å². The second kappa shape index (κ2) is 7.25. The molecule has 1 saturated carbocycles. The van der Waals surface area contributed by atoms with Crippen LogP contribution in [0.15, 0.2) is 23.1 Å². The minimum absolute atomic E-state index is 0. The molecule has 1 aliphatic heterocycles. The largest absolute Gasteiger partial charge is 0.489 e. The van der Waals surface area contributed by atoms with Crippen LogP contribution in [0.2, 0.25) is 0 Å². The topological polar surface area (TPSA) is 80.6 Å². The Balaban J connectivity index is 0.00000196. The summed E-state index contributed by atoms with van der Waals surface area (Å²) in [6, 6.07) is 2.97. The fourth-order valence-electron chi connectivity index (χ4n) is 3.36. The van der Waals surface area contributed by atoms with Gasteiger partial charge in [-0.2, -0.15) is 0 Å². The third kappa shape index (κ3) is 3.41. The summed E-state index contributed by atoms with van der Waals surface area (Å²) in [5.41, 5.74) is -0.474. The van der Waals surface area contributed by atoms with E-state index in [0.29, 0.717) is 12.1 Å². The molecule has 0 radical (unpaired) electrons. The Morgan fingerprint density at radius 1 is 1.35 bits per heavy atom. The van der Waals surface area contributed by atoms with Crippen molar-refractivity contribution in [1.82, 2.24) is 9.88 Å². The summed E-state index contributed by atoms with van der Waals surface area (Å²) in [4.78, 5) is 23.7. The lowest BCUT2D eigenvalue weighted by atomic mass is 10.1. The maximum atomic E-state index is 14.4. The van der Waals surface area contributed by atoms with Crippen molar-refractivity contribution in [3.8, 4) is 5.75 Å². The molecule has 4 rings (SSSR count). The highest BCUT2D eigenvalue weighted by molar-refractivity contribution is 5.93. The molecule has 1 saturated heterocycles. The van der Waals surface area contributed by atoms with Crippen LogP contribution in [0.3, 0.4) is 0 Å². The van der Waals surface area contributed by atoms with E-state index in [9.17, 15) is 19.1 Å². The molecular weight excluding hydrogens is 363 g/mol. The van der Waals surface area contributed by atoms with Crippen LogP contribution in [0.25, 0.3) is 10.9 Å². The Kier molecular flexibility index (Phi) is 5.20. The number of halogens is 2. The summed E-state index contributed by atoms with van der Waals surface area (Å²) in [5, 5.41) is 12.6. The quantitative estimate of drug-likeness (QED) is 0.831. The number of pyridine rings is 1. The van der Waals surface area contributed by atoms with Gasteiger partial charge in [0.15, 0.2) is 11.6 Å². The summed E-state index contributed by atoms with van der Waals surface area (Å²) >= 11 is 0. The van der Waals surface area contributed by atoms with E-state index < -0.39 is 17.2 Å². The third-order valence-corrected chi connectivity index (χ3v) is 4.86. The maximum absolute atomic E-state index is 14.4. The van der Waals surface area contributed by atoms with Crippen LogP contribution in [-0.4, -0.2) is 34.8 Å². The van der Waals surface area contributed by atoms with E-state index in [2.05, 4.69) is 5.32 Å². The van der Waals surface area contributed by atoms with Gasteiger partial charge in [0.2, 0.25) is 5.43 Å². The van der Waals surface area contributed by atoms with Gasteiger partial charge in [-0.25, -0.2) is 9.18 Å². The number of carboxylic acids is 1. The average molecular weight is 383 g/mol. The van der Waals surface area contributed by atoms with Crippen molar-refractivity contribution in [2.75, 3.05) is 13.2 Å². The molecule has 0 unspecified atom stereocenters. The predicted octanol–water partition coefficient (Wildman–Crippen LogP) is 2.73. The van der Waals surface area contributed by atoms with Crippen LogP contribution in [0.4, 0.5) is 4.39 Å². The van der Waals surface area contributed by atoms with Crippen molar-refractivity contribution in [3.05, 3.63) is 39.9 Å². The second-order valence-electron chi connectivity index (χ2n) is 6.72. The molecule has 2 fully saturated rings. The van der Waals surface area contributed by atoms with Gasteiger partial charge in [0, 0.05) is 29.7 Å². The number of aromatic carboxylic acids is 1. The van der Waals surface area contributed by atoms with Crippen molar-refractivity contribution in [1.29, 1.82) is 0 Å². The zero-order valence-corrected chi connectivity index (χ0v) is 14.9. The van der Waals surface area contributed by atoms with Gasteiger partial charge in [0.05, 0.1) is 5.52 Å². The van der Waals surface area contributed by atoms with E-state index >= 15 is 0 Å². The summed E-state index contributed by atoms with van der Waals surface area (Å²) in [7, 11) is 0. The van der Waals surface area contributed by atoms with E-state index in [4.69, 9.17) is 4.74 Å².